The highest BCUT2D eigenvalue weighted by Gasteiger charge is 2.46. The summed E-state index contributed by atoms with van der Waals surface area (Å²) in [6.07, 6.45) is -0.852. The highest BCUT2D eigenvalue weighted by atomic mass is 32.2. The van der Waals surface area contributed by atoms with E-state index in [1.807, 2.05) is 37.3 Å². The maximum atomic E-state index is 13.0. The van der Waals surface area contributed by atoms with Crippen LogP contribution in [0.15, 0.2) is 77.7 Å². The number of aliphatic hydroxyl groups excluding tert-OH is 1. The van der Waals surface area contributed by atoms with Gasteiger partial charge < -0.3 is 24.6 Å². The number of nitrogens with one attached hydrogen (secondary N) is 2. The highest BCUT2D eigenvalue weighted by molar-refractivity contribution is 7.92. The molecule has 206 valence electrons. The number of benzene rings is 3. The van der Waals surface area contributed by atoms with E-state index in [9.17, 15) is 18.3 Å². The molecule has 2 aliphatic rings. The van der Waals surface area contributed by atoms with E-state index >= 15 is 0 Å². The Balaban J connectivity index is 1.31. The first kappa shape index (κ1) is 27.0. The standard InChI is InChI=1S/C29H32N2O7S/c1-18(19-7-4-3-5-8-19)30-28(33)16-22-15-25-24-13-20(11-12-26(24)38-29(25)27(17-32)37-22)31-39(34,35)23-10-6-9-21(14-23)36-2/h3-14,18,22,25,27,29,31-32H,15-17H2,1-2H3,(H,30,33)/t18-,22-,25+,27+,29-/m0/s1. The quantitative estimate of drug-likeness (QED) is 0.369. The molecular formula is C29H32N2O7S. The van der Waals surface area contributed by atoms with Crippen molar-refractivity contribution in [1.29, 1.82) is 0 Å². The normalized spacial score (nSPS) is 22.6. The third-order valence-electron chi connectivity index (χ3n) is 7.19. The maximum Gasteiger partial charge on any atom is 0.262 e. The van der Waals surface area contributed by atoms with Crippen molar-refractivity contribution < 1.29 is 32.5 Å². The Hall–Kier alpha value is -3.60. The van der Waals surface area contributed by atoms with Gasteiger partial charge in [-0.1, -0.05) is 36.4 Å². The van der Waals surface area contributed by atoms with Crippen LogP contribution in [0.5, 0.6) is 11.5 Å². The first-order chi connectivity index (χ1) is 18.8. The molecule has 3 aromatic rings. The van der Waals surface area contributed by atoms with Crippen LogP contribution in [0, 0.1) is 0 Å². The van der Waals surface area contributed by atoms with Crippen LogP contribution in [-0.4, -0.2) is 51.5 Å². The van der Waals surface area contributed by atoms with Crippen molar-refractivity contribution in [2.75, 3.05) is 18.4 Å². The molecule has 0 aromatic heterocycles. The van der Waals surface area contributed by atoms with Crippen LogP contribution in [0.1, 0.15) is 42.9 Å². The lowest BCUT2D eigenvalue weighted by molar-refractivity contribution is -0.142. The molecule has 1 amide bonds. The summed E-state index contributed by atoms with van der Waals surface area (Å²) < 4.78 is 46.0. The highest BCUT2D eigenvalue weighted by Crippen LogP contribution is 2.47. The summed E-state index contributed by atoms with van der Waals surface area (Å²) in [6, 6.07) is 20.9. The predicted molar refractivity (Wildman–Crippen MR) is 145 cm³/mol. The number of anilines is 1. The van der Waals surface area contributed by atoms with E-state index < -0.39 is 28.3 Å². The van der Waals surface area contributed by atoms with Crippen LogP contribution in [0.2, 0.25) is 0 Å². The third kappa shape index (κ3) is 5.88. The average Bonchev–Trinajstić information content (AvgIpc) is 3.30. The molecule has 1 fully saturated rings. The summed E-state index contributed by atoms with van der Waals surface area (Å²) in [5.41, 5.74) is 2.21. The monoisotopic (exact) mass is 552 g/mol. The molecule has 0 spiro atoms. The van der Waals surface area contributed by atoms with Gasteiger partial charge in [0.15, 0.2) is 0 Å². The second kappa shape index (κ2) is 11.3. The second-order valence-corrected chi connectivity index (χ2v) is 11.5. The van der Waals surface area contributed by atoms with Crippen molar-refractivity contribution >= 4 is 21.6 Å². The van der Waals surface area contributed by atoms with Crippen molar-refractivity contribution in [2.45, 2.75) is 54.9 Å². The van der Waals surface area contributed by atoms with Gasteiger partial charge in [-0.2, -0.15) is 0 Å². The number of ether oxygens (including phenoxy) is 3. The van der Waals surface area contributed by atoms with Crippen molar-refractivity contribution in [3.63, 3.8) is 0 Å². The molecule has 3 aromatic carbocycles. The van der Waals surface area contributed by atoms with Crippen LogP contribution in [-0.2, 0) is 19.6 Å². The SMILES string of the molecule is COc1cccc(S(=O)(=O)Nc2ccc3c(c2)[C@H]2C[C@@H](CC(=O)N[C@@H](C)c4ccccc4)O[C@H](CO)[C@H]2O3)c1. The number of carbonyl (C=O) groups is 1. The van der Waals surface area contributed by atoms with E-state index in [2.05, 4.69) is 10.0 Å². The molecule has 0 radical (unpaired) electrons. The van der Waals surface area contributed by atoms with Gasteiger partial charge >= 0.3 is 0 Å². The molecule has 0 aliphatic carbocycles. The zero-order valence-electron chi connectivity index (χ0n) is 21.7. The first-order valence-corrected chi connectivity index (χ1v) is 14.3. The summed E-state index contributed by atoms with van der Waals surface area (Å²) in [7, 11) is -2.38. The first-order valence-electron chi connectivity index (χ1n) is 12.9. The number of fused-ring (bicyclic) bond motifs is 3. The molecule has 10 heteroatoms. The topological polar surface area (TPSA) is 123 Å². The lowest BCUT2D eigenvalue weighted by atomic mass is 9.84. The number of amides is 1. The Morgan fingerprint density at radius 3 is 2.64 bits per heavy atom. The molecule has 2 heterocycles. The Bertz CT molecular complexity index is 1430. The Kier molecular flexibility index (Phi) is 7.79. The molecule has 0 saturated carbocycles. The summed E-state index contributed by atoms with van der Waals surface area (Å²) in [6.45, 7) is 1.67. The molecule has 39 heavy (non-hydrogen) atoms. The van der Waals surface area contributed by atoms with Crippen LogP contribution >= 0.6 is 0 Å². The molecule has 0 bridgehead atoms. The van der Waals surface area contributed by atoms with Gasteiger partial charge in [0.05, 0.1) is 37.2 Å². The summed E-state index contributed by atoms with van der Waals surface area (Å²) in [5, 5.41) is 13.0. The Morgan fingerprint density at radius 2 is 1.90 bits per heavy atom. The zero-order valence-corrected chi connectivity index (χ0v) is 22.6. The number of aliphatic hydroxyl groups is 1. The van der Waals surface area contributed by atoms with Crippen molar-refractivity contribution in [1.82, 2.24) is 5.32 Å². The molecule has 1 saturated heterocycles. The molecule has 5 atom stereocenters. The number of rotatable bonds is 9. The van der Waals surface area contributed by atoms with Gasteiger partial charge in [0.2, 0.25) is 5.91 Å². The van der Waals surface area contributed by atoms with Crippen LogP contribution in [0.4, 0.5) is 5.69 Å². The van der Waals surface area contributed by atoms with E-state index in [1.54, 1.807) is 30.3 Å². The average molecular weight is 553 g/mol. The zero-order chi connectivity index (χ0) is 27.6. The Labute approximate surface area is 228 Å². The van der Waals surface area contributed by atoms with E-state index in [0.29, 0.717) is 23.6 Å². The Morgan fingerprint density at radius 1 is 1.10 bits per heavy atom. The fourth-order valence-electron chi connectivity index (χ4n) is 5.27. The van der Waals surface area contributed by atoms with Crippen LogP contribution < -0.4 is 19.5 Å². The molecular weight excluding hydrogens is 520 g/mol. The van der Waals surface area contributed by atoms with Crippen LogP contribution in [0.3, 0.4) is 0 Å². The number of carbonyl (C=O) groups excluding carboxylic acids is 1. The number of hydrogen-bond acceptors (Lipinski definition) is 7. The third-order valence-corrected chi connectivity index (χ3v) is 8.57. The fourth-order valence-corrected chi connectivity index (χ4v) is 6.35. The maximum absolute atomic E-state index is 13.0. The van der Waals surface area contributed by atoms with Gasteiger partial charge in [-0.15, -0.1) is 0 Å². The lowest BCUT2D eigenvalue weighted by Gasteiger charge is -2.37. The van der Waals surface area contributed by atoms with Gasteiger partial charge in [0.1, 0.15) is 23.7 Å². The predicted octanol–water partition coefficient (Wildman–Crippen LogP) is 3.76. The van der Waals surface area contributed by atoms with Gasteiger partial charge in [0, 0.05) is 23.2 Å². The molecule has 3 N–H and O–H groups in total. The number of hydrogen-bond donors (Lipinski definition) is 3. The number of methoxy groups -OCH3 is 1. The van der Waals surface area contributed by atoms with Gasteiger partial charge in [-0.3, -0.25) is 9.52 Å². The molecule has 0 unspecified atom stereocenters. The smallest absolute Gasteiger partial charge is 0.262 e. The van der Waals surface area contributed by atoms with Crippen molar-refractivity contribution in [3.05, 3.63) is 83.9 Å². The van der Waals surface area contributed by atoms with Gasteiger partial charge in [0.25, 0.3) is 10.0 Å². The van der Waals surface area contributed by atoms with Gasteiger partial charge in [-0.05, 0) is 49.2 Å². The molecule has 5 rings (SSSR count). The van der Waals surface area contributed by atoms with Gasteiger partial charge in [-0.25, -0.2) is 8.42 Å². The summed E-state index contributed by atoms with van der Waals surface area (Å²) in [4.78, 5) is 12.9. The van der Waals surface area contributed by atoms with Crippen molar-refractivity contribution in [3.8, 4) is 11.5 Å². The summed E-state index contributed by atoms with van der Waals surface area (Å²) >= 11 is 0. The molecule has 2 aliphatic heterocycles. The minimum atomic E-state index is -3.86. The van der Waals surface area contributed by atoms with E-state index in [-0.39, 0.29) is 35.8 Å². The largest absolute Gasteiger partial charge is 0.497 e. The van der Waals surface area contributed by atoms with E-state index in [4.69, 9.17) is 14.2 Å². The van der Waals surface area contributed by atoms with E-state index in [1.165, 1.54) is 19.2 Å². The minimum Gasteiger partial charge on any atom is -0.497 e. The van der Waals surface area contributed by atoms with Crippen molar-refractivity contribution in [2.24, 2.45) is 0 Å². The minimum absolute atomic E-state index is 0.0821. The van der Waals surface area contributed by atoms with E-state index in [0.717, 1.165) is 11.1 Å². The molecule has 9 nitrogen and oxygen atoms in total. The fraction of sp³-hybridized carbons (Fsp3) is 0.345. The number of sulfonamides is 1. The summed E-state index contributed by atoms with van der Waals surface area (Å²) in [5.74, 6) is 0.731. The second-order valence-electron chi connectivity index (χ2n) is 9.84. The van der Waals surface area contributed by atoms with Crippen LogP contribution in [0.25, 0.3) is 0 Å². The lowest BCUT2D eigenvalue weighted by Crippen LogP contribution is -2.47.